The van der Waals surface area contributed by atoms with E-state index in [9.17, 15) is 9.59 Å². The Labute approximate surface area is 239 Å². The van der Waals surface area contributed by atoms with Crippen LogP contribution in [0.25, 0.3) is 11.3 Å². The SMILES string of the molecule is CCOC(=O)c1sc(NC(=O)c2ccc(Cc3cc4c(cc3C)C(C)(C)CCC4(C)C)o2)nc1-c1ccccc1. The molecule has 1 amide bonds. The zero-order valence-corrected chi connectivity index (χ0v) is 24.8. The normalized spacial score (nSPS) is 15.3. The molecular weight excluding hydrogens is 520 g/mol. The van der Waals surface area contributed by atoms with Gasteiger partial charge < -0.3 is 9.15 Å². The summed E-state index contributed by atoms with van der Waals surface area (Å²) in [5.74, 6) is 0.0327. The van der Waals surface area contributed by atoms with Crippen molar-refractivity contribution < 1.29 is 18.7 Å². The largest absolute Gasteiger partial charge is 0.462 e. The molecule has 0 saturated carbocycles. The van der Waals surface area contributed by atoms with Crippen LogP contribution < -0.4 is 5.32 Å². The Morgan fingerprint density at radius 3 is 2.35 bits per heavy atom. The third kappa shape index (κ3) is 5.48. The Balaban J connectivity index is 1.36. The van der Waals surface area contributed by atoms with Crippen molar-refractivity contribution in [2.24, 2.45) is 0 Å². The van der Waals surface area contributed by atoms with E-state index in [1.165, 1.54) is 28.7 Å². The van der Waals surface area contributed by atoms with Crippen molar-refractivity contribution in [1.29, 1.82) is 0 Å². The fourth-order valence-corrected chi connectivity index (χ4v) is 6.28. The van der Waals surface area contributed by atoms with Gasteiger partial charge in [0.25, 0.3) is 5.91 Å². The van der Waals surface area contributed by atoms with Crippen molar-refractivity contribution in [3.8, 4) is 11.3 Å². The lowest BCUT2D eigenvalue weighted by atomic mass is 9.62. The van der Waals surface area contributed by atoms with Gasteiger partial charge in [-0.1, -0.05) is 81.5 Å². The average Bonchev–Trinajstić information content (AvgIpc) is 3.56. The summed E-state index contributed by atoms with van der Waals surface area (Å²) in [6.07, 6.45) is 2.93. The molecule has 1 aliphatic rings. The molecule has 2 aromatic carbocycles. The van der Waals surface area contributed by atoms with Gasteiger partial charge in [0, 0.05) is 12.0 Å². The van der Waals surface area contributed by atoms with Gasteiger partial charge in [0.15, 0.2) is 10.9 Å². The zero-order valence-electron chi connectivity index (χ0n) is 24.0. The maximum Gasteiger partial charge on any atom is 0.350 e. The first-order chi connectivity index (χ1) is 19.0. The summed E-state index contributed by atoms with van der Waals surface area (Å²) in [4.78, 5) is 30.6. The predicted octanol–water partition coefficient (Wildman–Crippen LogP) is 8.08. The Kier molecular flexibility index (Phi) is 7.44. The first kappa shape index (κ1) is 27.8. The summed E-state index contributed by atoms with van der Waals surface area (Å²) in [5, 5.41) is 3.11. The number of thiazole rings is 1. The molecule has 208 valence electrons. The van der Waals surface area contributed by atoms with Crippen LogP contribution in [0.2, 0.25) is 0 Å². The average molecular weight is 557 g/mol. The Hall–Kier alpha value is -3.71. The molecule has 0 saturated heterocycles. The number of anilines is 1. The van der Waals surface area contributed by atoms with Gasteiger partial charge in [0.2, 0.25) is 0 Å². The Morgan fingerprint density at radius 1 is 1.00 bits per heavy atom. The molecule has 0 aliphatic heterocycles. The van der Waals surface area contributed by atoms with Crippen molar-refractivity contribution in [2.45, 2.75) is 71.6 Å². The van der Waals surface area contributed by atoms with Crippen molar-refractivity contribution >= 4 is 28.3 Å². The number of esters is 1. The van der Waals surface area contributed by atoms with Crippen molar-refractivity contribution in [3.05, 3.63) is 93.2 Å². The molecule has 2 heterocycles. The number of carbonyl (C=O) groups excluding carboxylic acids is 2. The summed E-state index contributed by atoms with van der Waals surface area (Å²) >= 11 is 1.09. The maximum absolute atomic E-state index is 13.1. The number of benzene rings is 2. The van der Waals surface area contributed by atoms with Gasteiger partial charge >= 0.3 is 5.97 Å². The molecule has 0 atom stereocenters. The second-order valence-corrected chi connectivity index (χ2v) is 12.8. The molecular formula is C33H36N2O4S. The number of aromatic nitrogens is 1. The molecule has 0 fully saturated rings. The summed E-state index contributed by atoms with van der Waals surface area (Å²) in [7, 11) is 0. The molecule has 5 rings (SSSR count). The molecule has 7 heteroatoms. The van der Waals surface area contributed by atoms with Crippen LogP contribution in [0, 0.1) is 6.92 Å². The highest BCUT2D eigenvalue weighted by Crippen LogP contribution is 2.46. The highest BCUT2D eigenvalue weighted by molar-refractivity contribution is 7.18. The molecule has 1 N–H and O–H groups in total. The highest BCUT2D eigenvalue weighted by atomic mass is 32.1. The molecule has 0 radical (unpaired) electrons. The van der Waals surface area contributed by atoms with Gasteiger partial charge in [-0.15, -0.1) is 0 Å². The van der Waals surface area contributed by atoms with E-state index in [0.717, 1.165) is 29.1 Å². The van der Waals surface area contributed by atoms with Crippen molar-refractivity contribution in [2.75, 3.05) is 11.9 Å². The van der Waals surface area contributed by atoms with Gasteiger partial charge in [-0.2, -0.15) is 0 Å². The number of amides is 1. The maximum atomic E-state index is 13.1. The summed E-state index contributed by atoms with van der Waals surface area (Å²) < 4.78 is 11.2. The summed E-state index contributed by atoms with van der Waals surface area (Å²) in [6, 6.07) is 17.6. The van der Waals surface area contributed by atoms with Crippen LogP contribution in [0.3, 0.4) is 0 Å². The predicted molar refractivity (Wildman–Crippen MR) is 159 cm³/mol. The van der Waals surface area contributed by atoms with E-state index in [1.54, 1.807) is 13.0 Å². The third-order valence-corrected chi connectivity index (χ3v) is 8.87. The van der Waals surface area contributed by atoms with Crippen LogP contribution in [0.1, 0.15) is 95.7 Å². The topological polar surface area (TPSA) is 81.4 Å². The smallest absolute Gasteiger partial charge is 0.350 e. The van der Waals surface area contributed by atoms with Crippen molar-refractivity contribution in [1.82, 2.24) is 4.98 Å². The van der Waals surface area contributed by atoms with E-state index < -0.39 is 11.9 Å². The van der Waals surface area contributed by atoms with Gasteiger partial charge in [-0.3, -0.25) is 10.1 Å². The van der Waals surface area contributed by atoms with Crippen LogP contribution in [0.5, 0.6) is 0 Å². The van der Waals surface area contributed by atoms with Crippen LogP contribution in [-0.2, 0) is 22.0 Å². The molecule has 0 unspecified atom stereocenters. The summed E-state index contributed by atoms with van der Waals surface area (Å²) in [6.45, 7) is 13.5. The minimum atomic E-state index is -0.466. The first-order valence-corrected chi connectivity index (χ1v) is 14.6. The number of aryl methyl sites for hydroxylation is 1. The molecule has 0 bridgehead atoms. The van der Waals surface area contributed by atoms with Crippen LogP contribution in [-0.4, -0.2) is 23.5 Å². The van der Waals surface area contributed by atoms with E-state index in [0.29, 0.717) is 22.1 Å². The monoisotopic (exact) mass is 556 g/mol. The molecule has 40 heavy (non-hydrogen) atoms. The molecule has 2 aromatic heterocycles. The number of rotatable bonds is 7. The fraction of sp³-hybridized carbons (Fsp3) is 0.364. The van der Waals surface area contributed by atoms with Gasteiger partial charge in [0.1, 0.15) is 10.6 Å². The highest BCUT2D eigenvalue weighted by Gasteiger charge is 2.37. The quantitative estimate of drug-likeness (QED) is 0.233. The van der Waals surface area contributed by atoms with E-state index in [1.807, 2.05) is 36.4 Å². The second kappa shape index (κ2) is 10.7. The van der Waals surface area contributed by atoms with E-state index in [2.05, 4.69) is 57.1 Å². The Bertz CT molecular complexity index is 1560. The minimum Gasteiger partial charge on any atom is -0.462 e. The molecule has 6 nitrogen and oxygen atoms in total. The Morgan fingerprint density at radius 2 is 1.68 bits per heavy atom. The summed E-state index contributed by atoms with van der Waals surface area (Å²) in [5.41, 5.74) is 6.81. The number of nitrogens with one attached hydrogen (secondary N) is 1. The van der Waals surface area contributed by atoms with Crippen molar-refractivity contribution in [3.63, 3.8) is 0 Å². The molecule has 4 aromatic rings. The van der Waals surface area contributed by atoms with Crippen LogP contribution in [0.15, 0.2) is 59.0 Å². The number of hydrogen-bond donors (Lipinski definition) is 1. The van der Waals surface area contributed by atoms with E-state index in [-0.39, 0.29) is 23.2 Å². The second-order valence-electron chi connectivity index (χ2n) is 11.8. The van der Waals surface area contributed by atoms with Crippen LogP contribution >= 0.6 is 11.3 Å². The fourth-order valence-electron chi connectivity index (χ4n) is 5.40. The number of nitrogens with zero attached hydrogens (tertiary/aromatic N) is 1. The van der Waals surface area contributed by atoms with Gasteiger partial charge in [0.05, 0.1) is 12.3 Å². The van der Waals surface area contributed by atoms with Gasteiger partial charge in [-0.05, 0) is 71.9 Å². The van der Waals surface area contributed by atoms with Gasteiger partial charge in [-0.25, -0.2) is 9.78 Å². The molecule has 1 aliphatic carbocycles. The first-order valence-electron chi connectivity index (χ1n) is 13.8. The number of carbonyl (C=O) groups is 2. The third-order valence-electron chi connectivity index (χ3n) is 7.92. The van der Waals surface area contributed by atoms with Crippen LogP contribution in [0.4, 0.5) is 5.13 Å². The lowest BCUT2D eigenvalue weighted by Crippen LogP contribution is -2.34. The number of fused-ring (bicyclic) bond motifs is 1. The minimum absolute atomic E-state index is 0.121. The lowest BCUT2D eigenvalue weighted by Gasteiger charge is -2.42. The zero-order chi connectivity index (χ0) is 28.7. The number of ether oxygens (including phenoxy) is 1. The van der Waals surface area contributed by atoms with E-state index in [4.69, 9.17) is 9.15 Å². The standard InChI is InChI=1S/C33H36N2O4S/c1-7-38-30(37)28-27(21-11-9-8-10-12-21)34-31(40-28)35-29(36)26-14-13-23(39-26)18-22-19-25-24(17-20(22)2)32(3,4)15-16-33(25,5)6/h8-14,17,19H,7,15-16,18H2,1-6H3,(H,34,35,36). The molecule has 0 spiro atoms. The lowest BCUT2D eigenvalue weighted by molar-refractivity contribution is 0.0532. The number of furan rings is 1. The number of hydrogen-bond acceptors (Lipinski definition) is 6. The van der Waals surface area contributed by atoms with E-state index >= 15 is 0 Å².